The van der Waals surface area contributed by atoms with Crippen LogP contribution in [0.4, 0.5) is 0 Å². The van der Waals surface area contributed by atoms with Crippen molar-refractivity contribution in [1.29, 1.82) is 0 Å². The smallest absolute Gasteiger partial charge is 0.306 e. The van der Waals surface area contributed by atoms with Gasteiger partial charge in [-0.05, 0) is 77.0 Å². The number of hydrogen-bond donors (Lipinski definition) is 0. The monoisotopic (exact) mass is 772 g/mol. The van der Waals surface area contributed by atoms with E-state index >= 15 is 0 Å². The van der Waals surface area contributed by atoms with E-state index < -0.39 is 18.1 Å². The maximum absolute atomic E-state index is 12.7. The predicted octanol–water partition coefficient (Wildman–Crippen LogP) is 10.5. The van der Waals surface area contributed by atoms with Crippen molar-refractivity contribution in [3.8, 4) is 0 Å². The minimum Gasteiger partial charge on any atom is -0.544 e. The van der Waals surface area contributed by atoms with Gasteiger partial charge in [0, 0.05) is 19.3 Å². The number of carbonyl (C=O) groups is 3. The molecule has 0 rings (SSSR count). The Balaban J connectivity index is 4.41. The van der Waals surface area contributed by atoms with Crippen LogP contribution in [-0.4, -0.2) is 75.5 Å². The van der Waals surface area contributed by atoms with Gasteiger partial charge in [0.1, 0.15) is 12.6 Å². The Morgan fingerprint density at radius 3 is 1.51 bits per heavy atom. The second-order valence-corrected chi connectivity index (χ2v) is 15.5. The molecule has 0 heterocycles. The van der Waals surface area contributed by atoms with Crippen LogP contribution in [-0.2, 0) is 28.6 Å². The van der Waals surface area contributed by atoms with Crippen LogP contribution in [0.1, 0.15) is 168 Å². The summed E-state index contributed by atoms with van der Waals surface area (Å²) in [6, 6.07) is -0.733. The molecule has 0 aromatic heterocycles. The Labute approximate surface area is 337 Å². The third-order valence-electron chi connectivity index (χ3n) is 9.39. The number of hydrogen-bond acceptors (Lipinski definition) is 7. The topological polar surface area (TPSA) is 102 Å². The molecule has 8 heteroatoms. The minimum atomic E-state index is -1.13. The standard InChI is InChI=1S/C47H81NO7/c1-6-8-10-12-14-16-18-20-22-24-25-27-29-31-33-35-37-45(49)54-42-43(41-53-40-39-44(47(51)52)48(3,4)5)55-46(50)38-36-34-32-30-28-26-23-21-19-17-15-13-11-9-7-2/h9,11,15-18,21-24,43-44H,6-8,10,12-14,19-20,25-42H2,1-5H3/b11-9-,17-15-,18-16-,23-21-,24-22-. The molecule has 316 valence electrons. The molecule has 0 aliphatic rings. The van der Waals surface area contributed by atoms with Gasteiger partial charge in [0.15, 0.2) is 6.10 Å². The molecule has 0 aliphatic carbocycles. The van der Waals surface area contributed by atoms with Gasteiger partial charge in [-0.2, -0.15) is 0 Å². The van der Waals surface area contributed by atoms with Crippen molar-refractivity contribution in [3.63, 3.8) is 0 Å². The normalized spacial score (nSPS) is 13.5. The fourth-order valence-electron chi connectivity index (χ4n) is 6.00. The molecule has 0 saturated heterocycles. The first-order valence-corrected chi connectivity index (χ1v) is 21.8. The van der Waals surface area contributed by atoms with Crippen molar-refractivity contribution in [2.24, 2.45) is 0 Å². The largest absolute Gasteiger partial charge is 0.544 e. The maximum atomic E-state index is 12.7. The van der Waals surface area contributed by atoms with E-state index in [2.05, 4.69) is 74.6 Å². The second-order valence-electron chi connectivity index (χ2n) is 15.5. The summed E-state index contributed by atoms with van der Waals surface area (Å²) in [4.78, 5) is 36.8. The van der Waals surface area contributed by atoms with Gasteiger partial charge >= 0.3 is 11.9 Å². The number of unbranched alkanes of at least 4 members (excludes halogenated alkanes) is 14. The zero-order valence-electron chi connectivity index (χ0n) is 35.8. The van der Waals surface area contributed by atoms with Gasteiger partial charge < -0.3 is 28.6 Å². The summed E-state index contributed by atoms with van der Waals surface area (Å²) in [6.07, 6.45) is 45.2. The number of nitrogens with zero attached hydrogens (tertiary/aromatic N) is 1. The zero-order valence-corrected chi connectivity index (χ0v) is 35.8. The molecule has 0 aromatic rings. The average molecular weight is 772 g/mol. The van der Waals surface area contributed by atoms with Crippen LogP contribution in [0.2, 0.25) is 0 Å². The van der Waals surface area contributed by atoms with Crippen molar-refractivity contribution in [2.45, 2.75) is 180 Å². The molecule has 0 radical (unpaired) electrons. The molecule has 0 N–H and O–H groups in total. The van der Waals surface area contributed by atoms with E-state index in [-0.39, 0.29) is 42.7 Å². The average Bonchev–Trinajstić information content (AvgIpc) is 3.14. The summed E-state index contributed by atoms with van der Waals surface area (Å²) in [5, 5.41) is 11.6. The van der Waals surface area contributed by atoms with E-state index in [4.69, 9.17) is 14.2 Å². The van der Waals surface area contributed by atoms with Crippen molar-refractivity contribution >= 4 is 17.9 Å². The first kappa shape index (κ1) is 52.0. The highest BCUT2D eigenvalue weighted by atomic mass is 16.6. The lowest BCUT2D eigenvalue weighted by Gasteiger charge is -2.34. The first-order valence-electron chi connectivity index (χ1n) is 21.8. The number of rotatable bonds is 38. The third-order valence-corrected chi connectivity index (χ3v) is 9.39. The summed E-state index contributed by atoms with van der Waals surface area (Å²) in [6.45, 7) is 4.49. The van der Waals surface area contributed by atoms with Crippen LogP contribution in [0.3, 0.4) is 0 Å². The molecule has 0 saturated carbocycles. The summed E-state index contributed by atoms with van der Waals surface area (Å²) in [5.41, 5.74) is 0. The van der Waals surface area contributed by atoms with E-state index in [1.54, 1.807) is 21.1 Å². The molecular formula is C47H81NO7. The zero-order chi connectivity index (χ0) is 40.7. The molecule has 0 fully saturated rings. The number of allylic oxidation sites excluding steroid dienone is 10. The van der Waals surface area contributed by atoms with Gasteiger partial charge in [0.05, 0.1) is 40.3 Å². The van der Waals surface area contributed by atoms with Crippen LogP contribution >= 0.6 is 0 Å². The molecule has 0 aliphatic heterocycles. The quantitative estimate of drug-likeness (QED) is 0.0266. The lowest BCUT2D eigenvalue weighted by atomic mass is 10.1. The number of likely N-dealkylation sites (N-methyl/N-ethyl adjacent to an activating group) is 1. The fourth-order valence-corrected chi connectivity index (χ4v) is 6.00. The molecular weight excluding hydrogens is 691 g/mol. The molecule has 0 aromatic carbocycles. The van der Waals surface area contributed by atoms with Crippen molar-refractivity contribution in [1.82, 2.24) is 0 Å². The van der Waals surface area contributed by atoms with Crippen LogP contribution in [0.15, 0.2) is 60.8 Å². The van der Waals surface area contributed by atoms with Crippen molar-refractivity contribution in [2.75, 3.05) is 41.0 Å². The van der Waals surface area contributed by atoms with E-state index in [1.807, 2.05) is 0 Å². The highest BCUT2D eigenvalue weighted by molar-refractivity contribution is 5.70. The fraction of sp³-hybridized carbons (Fsp3) is 0.723. The van der Waals surface area contributed by atoms with Crippen LogP contribution < -0.4 is 5.11 Å². The molecule has 2 atom stereocenters. The predicted molar refractivity (Wildman–Crippen MR) is 226 cm³/mol. The first-order chi connectivity index (χ1) is 26.6. The second kappa shape index (κ2) is 37.9. The Morgan fingerprint density at radius 1 is 0.564 bits per heavy atom. The number of ether oxygens (including phenoxy) is 3. The Bertz CT molecular complexity index is 1090. The summed E-state index contributed by atoms with van der Waals surface area (Å²) in [5.74, 6) is -1.78. The van der Waals surface area contributed by atoms with E-state index in [0.29, 0.717) is 12.8 Å². The summed E-state index contributed by atoms with van der Waals surface area (Å²) in [7, 11) is 5.39. The number of aliphatic carboxylic acids is 1. The van der Waals surface area contributed by atoms with Crippen LogP contribution in [0.25, 0.3) is 0 Å². The van der Waals surface area contributed by atoms with Gasteiger partial charge in [-0.1, -0.05) is 132 Å². The van der Waals surface area contributed by atoms with Crippen molar-refractivity contribution in [3.05, 3.63) is 60.8 Å². The van der Waals surface area contributed by atoms with E-state index in [1.165, 1.54) is 32.1 Å². The summed E-state index contributed by atoms with van der Waals surface area (Å²) < 4.78 is 17.1. The Hall–Kier alpha value is -2.97. The van der Waals surface area contributed by atoms with Gasteiger partial charge in [-0.3, -0.25) is 9.59 Å². The third kappa shape index (κ3) is 36.4. The Morgan fingerprint density at radius 2 is 1.02 bits per heavy atom. The van der Waals surface area contributed by atoms with E-state index in [9.17, 15) is 19.5 Å². The molecule has 2 unspecified atom stereocenters. The number of carbonyl (C=O) groups excluding carboxylic acids is 3. The van der Waals surface area contributed by atoms with Crippen molar-refractivity contribution < 1.29 is 38.2 Å². The van der Waals surface area contributed by atoms with Crippen LogP contribution in [0, 0.1) is 0 Å². The SMILES string of the molecule is CC/C=C\C/C=C\C/C=C\CCCCCCCC(=O)OC(COCCC(C(=O)[O-])[N+](C)(C)C)COC(=O)CCCCCCC/C=C\C/C=C\CCCCCC. The highest BCUT2D eigenvalue weighted by Gasteiger charge is 2.25. The molecule has 0 bridgehead atoms. The minimum absolute atomic E-state index is 0.0267. The number of esters is 2. The Kier molecular flexibility index (Phi) is 35.9. The van der Waals surface area contributed by atoms with Crippen LogP contribution in [0.5, 0.6) is 0 Å². The van der Waals surface area contributed by atoms with Gasteiger partial charge in [0.2, 0.25) is 0 Å². The van der Waals surface area contributed by atoms with E-state index in [0.717, 1.165) is 103 Å². The van der Waals surface area contributed by atoms with Gasteiger partial charge in [0.25, 0.3) is 0 Å². The lowest BCUT2D eigenvalue weighted by Crippen LogP contribution is -2.55. The maximum Gasteiger partial charge on any atom is 0.306 e. The highest BCUT2D eigenvalue weighted by Crippen LogP contribution is 2.13. The number of quaternary nitrogens is 1. The van der Waals surface area contributed by atoms with Gasteiger partial charge in [-0.25, -0.2) is 0 Å². The molecule has 0 spiro atoms. The van der Waals surface area contributed by atoms with Gasteiger partial charge in [-0.15, -0.1) is 0 Å². The molecule has 8 nitrogen and oxygen atoms in total. The summed E-state index contributed by atoms with van der Waals surface area (Å²) >= 11 is 0. The number of carboxylic acids is 1. The number of carboxylic acid groups (broad SMARTS) is 1. The molecule has 55 heavy (non-hydrogen) atoms. The molecule has 0 amide bonds. The lowest BCUT2D eigenvalue weighted by molar-refractivity contribution is -0.889.